The van der Waals surface area contributed by atoms with Gasteiger partial charge >= 0.3 is 0 Å². The minimum atomic E-state index is -0.288. The molecule has 0 heterocycles. The molecule has 1 rings (SSSR count). The van der Waals surface area contributed by atoms with Crippen LogP contribution in [0.5, 0.6) is 0 Å². The molecule has 0 bridgehead atoms. The molecule has 1 aliphatic rings. The van der Waals surface area contributed by atoms with Crippen LogP contribution in [-0.4, -0.2) is 43.4 Å². The molecule has 0 aromatic heterocycles. The van der Waals surface area contributed by atoms with Crippen molar-refractivity contribution in [3.05, 3.63) is 0 Å². The maximum atomic E-state index is 11.7. The lowest BCUT2D eigenvalue weighted by Crippen LogP contribution is -2.42. The number of hydrogen-bond acceptors (Lipinski definition) is 3. The molecule has 0 aliphatic heterocycles. The Bertz CT molecular complexity index is 262. The van der Waals surface area contributed by atoms with E-state index in [1.165, 1.54) is 32.1 Å². The van der Waals surface area contributed by atoms with Gasteiger partial charge < -0.3 is 16.0 Å². The van der Waals surface area contributed by atoms with E-state index in [-0.39, 0.29) is 24.9 Å². The molecule has 1 aliphatic carbocycles. The van der Waals surface area contributed by atoms with Gasteiger partial charge in [-0.3, -0.25) is 9.59 Å². The maximum absolute atomic E-state index is 11.7. The van der Waals surface area contributed by atoms with Crippen LogP contribution in [0.1, 0.15) is 32.1 Å². The van der Waals surface area contributed by atoms with Gasteiger partial charge in [-0.1, -0.05) is 19.3 Å². The Morgan fingerprint density at radius 3 is 2.53 bits per heavy atom. The maximum Gasteiger partial charge on any atom is 0.241 e. The average molecular weight is 241 g/mol. The quantitative estimate of drug-likeness (QED) is 0.717. The minimum absolute atomic E-state index is 0.0441. The number of nitrogens with two attached hydrogens (primary N) is 1. The van der Waals surface area contributed by atoms with Crippen molar-refractivity contribution in [2.24, 2.45) is 11.7 Å². The van der Waals surface area contributed by atoms with E-state index in [1.807, 2.05) is 0 Å². The number of likely N-dealkylation sites (N-methyl/N-ethyl adjacent to an activating group) is 1. The summed E-state index contributed by atoms with van der Waals surface area (Å²) in [6.45, 7) is 0.788. The highest BCUT2D eigenvalue weighted by Crippen LogP contribution is 2.23. The van der Waals surface area contributed by atoms with Gasteiger partial charge in [-0.2, -0.15) is 0 Å². The van der Waals surface area contributed by atoms with E-state index in [2.05, 4.69) is 5.32 Å². The third-order valence-corrected chi connectivity index (χ3v) is 3.30. The first-order valence-corrected chi connectivity index (χ1v) is 6.34. The van der Waals surface area contributed by atoms with Crippen LogP contribution in [0.15, 0.2) is 0 Å². The summed E-state index contributed by atoms with van der Waals surface area (Å²) in [4.78, 5) is 24.3. The molecule has 1 fully saturated rings. The zero-order chi connectivity index (χ0) is 12.7. The van der Waals surface area contributed by atoms with Crippen molar-refractivity contribution in [3.8, 4) is 0 Å². The first-order chi connectivity index (χ1) is 8.13. The highest BCUT2D eigenvalue weighted by Gasteiger charge is 2.18. The summed E-state index contributed by atoms with van der Waals surface area (Å²) < 4.78 is 0. The predicted octanol–water partition coefficient (Wildman–Crippen LogP) is 0.100. The van der Waals surface area contributed by atoms with Gasteiger partial charge in [-0.25, -0.2) is 0 Å². The lowest BCUT2D eigenvalue weighted by atomic mass is 9.89. The molecule has 98 valence electrons. The van der Waals surface area contributed by atoms with Gasteiger partial charge in [0.2, 0.25) is 11.8 Å². The summed E-state index contributed by atoms with van der Waals surface area (Å²) in [6.07, 6.45) is 6.30. The Morgan fingerprint density at radius 2 is 1.94 bits per heavy atom. The van der Waals surface area contributed by atoms with Crippen molar-refractivity contribution in [1.29, 1.82) is 0 Å². The standard InChI is InChI=1S/C12H23N3O2/c1-15(9-10-5-3-2-4-6-10)12(17)8-14-11(16)7-13/h10H,2-9,13H2,1H3,(H,14,16). The van der Waals surface area contributed by atoms with Crippen LogP contribution >= 0.6 is 0 Å². The fraction of sp³-hybridized carbons (Fsp3) is 0.833. The number of carbonyl (C=O) groups excluding carboxylic acids is 2. The normalized spacial score (nSPS) is 16.6. The Kier molecular flexibility index (Phi) is 5.97. The summed E-state index contributed by atoms with van der Waals surface area (Å²) in [5.41, 5.74) is 5.15. The van der Waals surface area contributed by atoms with Crippen LogP contribution in [0.25, 0.3) is 0 Å². The van der Waals surface area contributed by atoms with E-state index < -0.39 is 0 Å². The van der Waals surface area contributed by atoms with Crippen molar-refractivity contribution in [1.82, 2.24) is 10.2 Å². The van der Waals surface area contributed by atoms with Gasteiger partial charge in [0, 0.05) is 13.6 Å². The molecule has 0 radical (unpaired) electrons. The summed E-state index contributed by atoms with van der Waals surface area (Å²) in [5, 5.41) is 2.50. The van der Waals surface area contributed by atoms with E-state index in [4.69, 9.17) is 5.73 Å². The van der Waals surface area contributed by atoms with Gasteiger partial charge in [0.1, 0.15) is 0 Å². The van der Waals surface area contributed by atoms with Crippen LogP contribution in [0, 0.1) is 5.92 Å². The fourth-order valence-electron chi connectivity index (χ4n) is 2.24. The average Bonchev–Trinajstić information content (AvgIpc) is 2.36. The zero-order valence-electron chi connectivity index (χ0n) is 10.6. The van der Waals surface area contributed by atoms with E-state index >= 15 is 0 Å². The number of nitrogens with zero attached hydrogens (tertiary/aromatic N) is 1. The van der Waals surface area contributed by atoms with Crippen molar-refractivity contribution in [3.63, 3.8) is 0 Å². The second-order valence-corrected chi connectivity index (χ2v) is 4.76. The molecule has 0 aromatic carbocycles. The summed E-state index contributed by atoms with van der Waals surface area (Å²) in [5.74, 6) is 0.296. The van der Waals surface area contributed by atoms with Gasteiger partial charge in [0.15, 0.2) is 0 Å². The molecule has 0 spiro atoms. The molecule has 3 N–H and O–H groups in total. The zero-order valence-corrected chi connectivity index (χ0v) is 10.6. The topological polar surface area (TPSA) is 75.4 Å². The first kappa shape index (κ1) is 14.0. The van der Waals surface area contributed by atoms with E-state index in [9.17, 15) is 9.59 Å². The Morgan fingerprint density at radius 1 is 1.29 bits per heavy atom. The summed E-state index contributed by atoms with van der Waals surface area (Å²) in [6, 6.07) is 0. The SMILES string of the molecule is CN(CC1CCCCC1)C(=O)CNC(=O)CN. The van der Waals surface area contributed by atoms with E-state index in [1.54, 1.807) is 11.9 Å². The number of amides is 2. The van der Waals surface area contributed by atoms with Crippen molar-refractivity contribution < 1.29 is 9.59 Å². The molecule has 5 heteroatoms. The Labute approximate surface area is 103 Å². The molecule has 0 aromatic rings. The van der Waals surface area contributed by atoms with Gasteiger partial charge in [0.25, 0.3) is 0 Å². The monoisotopic (exact) mass is 241 g/mol. The van der Waals surface area contributed by atoms with Crippen molar-refractivity contribution in [2.75, 3.05) is 26.7 Å². The Hall–Kier alpha value is -1.10. The highest BCUT2D eigenvalue weighted by atomic mass is 16.2. The smallest absolute Gasteiger partial charge is 0.241 e. The summed E-state index contributed by atoms with van der Waals surface area (Å²) in [7, 11) is 1.80. The molecule has 2 amide bonds. The van der Waals surface area contributed by atoms with E-state index in [0.29, 0.717) is 5.92 Å². The van der Waals surface area contributed by atoms with Gasteiger partial charge in [-0.15, -0.1) is 0 Å². The van der Waals surface area contributed by atoms with Crippen molar-refractivity contribution >= 4 is 11.8 Å². The Balaban J connectivity index is 2.23. The third-order valence-electron chi connectivity index (χ3n) is 3.30. The lowest BCUT2D eigenvalue weighted by molar-refractivity contribution is -0.132. The first-order valence-electron chi connectivity index (χ1n) is 6.34. The number of carbonyl (C=O) groups is 2. The van der Waals surface area contributed by atoms with Crippen LogP contribution in [0.4, 0.5) is 0 Å². The van der Waals surface area contributed by atoms with Crippen molar-refractivity contribution in [2.45, 2.75) is 32.1 Å². The molecular formula is C12H23N3O2. The number of nitrogens with one attached hydrogen (secondary N) is 1. The molecule has 17 heavy (non-hydrogen) atoms. The second-order valence-electron chi connectivity index (χ2n) is 4.76. The van der Waals surface area contributed by atoms with Gasteiger partial charge in [-0.05, 0) is 18.8 Å². The molecule has 0 atom stereocenters. The van der Waals surface area contributed by atoms with Crippen LogP contribution in [0.2, 0.25) is 0 Å². The summed E-state index contributed by atoms with van der Waals surface area (Å²) >= 11 is 0. The minimum Gasteiger partial charge on any atom is -0.346 e. The predicted molar refractivity (Wildman–Crippen MR) is 66.3 cm³/mol. The van der Waals surface area contributed by atoms with Gasteiger partial charge in [0.05, 0.1) is 13.1 Å². The molecule has 5 nitrogen and oxygen atoms in total. The number of rotatable bonds is 5. The fourth-order valence-corrected chi connectivity index (χ4v) is 2.24. The molecular weight excluding hydrogens is 218 g/mol. The lowest BCUT2D eigenvalue weighted by Gasteiger charge is -2.27. The van der Waals surface area contributed by atoms with E-state index in [0.717, 1.165) is 6.54 Å². The van der Waals surface area contributed by atoms with Crippen LogP contribution in [0.3, 0.4) is 0 Å². The van der Waals surface area contributed by atoms with Crippen LogP contribution < -0.4 is 11.1 Å². The molecule has 0 saturated heterocycles. The second kappa shape index (κ2) is 7.27. The third kappa shape index (κ3) is 5.17. The largest absolute Gasteiger partial charge is 0.346 e. The highest BCUT2D eigenvalue weighted by molar-refractivity contribution is 5.85. The number of hydrogen-bond donors (Lipinski definition) is 2. The van der Waals surface area contributed by atoms with Crippen LogP contribution in [-0.2, 0) is 9.59 Å². The molecule has 1 saturated carbocycles. The molecule has 0 unspecified atom stereocenters.